The van der Waals surface area contributed by atoms with E-state index >= 15 is 0 Å². The molecule has 0 radical (unpaired) electrons. The number of methoxy groups -OCH3 is 1. The molecule has 1 amide bonds. The molecule has 162 valence electrons. The molecule has 4 rings (SSSR count). The third-order valence-electron chi connectivity index (χ3n) is 5.90. The van der Waals surface area contributed by atoms with Crippen LogP contribution in [0.1, 0.15) is 40.2 Å². The quantitative estimate of drug-likeness (QED) is 0.556. The molecule has 0 saturated carbocycles. The first-order valence-electron chi connectivity index (χ1n) is 10.7. The van der Waals surface area contributed by atoms with Crippen molar-refractivity contribution in [2.45, 2.75) is 32.8 Å². The lowest BCUT2D eigenvalue weighted by atomic mass is 9.90. The smallest absolute Gasteiger partial charge is 0.276 e. The molecule has 6 nitrogen and oxygen atoms in total. The molecule has 1 aliphatic heterocycles. The summed E-state index contributed by atoms with van der Waals surface area (Å²) in [4.78, 5) is 15.0. The van der Waals surface area contributed by atoms with Crippen LogP contribution in [0.4, 0.5) is 0 Å². The van der Waals surface area contributed by atoms with Crippen molar-refractivity contribution >= 4 is 5.91 Å². The summed E-state index contributed by atoms with van der Waals surface area (Å²) in [5.41, 5.74) is 2.41. The molecule has 0 aliphatic carbocycles. The van der Waals surface area contributed by atoms with Crippen LogP contribution >= 0.6 is 0 Å². The topological polar surface area (TPSA) is 64.8 Å². The number of aryl methyl sites for hydroxylation is 1. The molecule has 0 spiro atoms. The average Bonchev–Trinajstić information content (AvgIpc) is 3.19. The third-order valence-corrected chi connectivity index (χ3v) is 5.90. The number of aromatic nitrogens is 1. The van der Waals surface area contributed by atoms with E-state index in [9.17, 15) is 4.79 Å². The number of nitrogens with zero attached hydrogens (tertiary/aromatic N) is 2. The van der Waals surface area contributed by atoms with Gasteiger partial charge in [-0.3, -0.25) is 4.79 Å². The van der Waals surface area contributed by atoms with Crippen molar-refractivity contribution in [1.29, 1.82) is 0 Å². The maximum atomic E-state index is 13.1. The molecular weight excluding hydrogens is 392 g/mol. The minimum absolute atomic E-state index is 0.0802. The van der Waals surface area contributed by atoms with Gasteiger partial charge in [-0.1, -0.05) is 35.5 Å². The Labute approximate surface area is 182 Å². The summed E-state index contributed by atoms with van der Waals surface area (Å²) in [5.74, 6) is 2.59. The number of rotatable bonds is 7. The summed E-state index contributed by atoms with van der Waals surface area (Å²) < 4.78 is 16.4. The predicted molar refractivity (Wildman–Crippen MR) is 117 cm³/mol. The van der Waals surface area contributed by atoms with Gasteiger partial charge in [-0.25, -0.2) is 0 Å². The molecule has 2 heterocycles. The van der Waals surface area contributed by atoms with E-state index in [-0.39, 0.29) is 12.5 Å². The van der Waals surface area contributed by atoms with E-state index < -0.39 is 0 Å². The second kappa shape index (κ2) is 9.69. The summed E-state index contributed by atoms with van der Waals surface area (Å²) in [6, 6.07) is 17.9. The van der Waals surface area contributed by atoms with Gasteiger partial charge in [0.15, 0.2) is 5.69 Å². The fraction of sp³-hybridized carbons (Fsp3) is 0.360. The highest BCUT2D eigenvalue weighted by atomic mass is 16.5. The monoisotopic (exact) mass is 420 g/mol. The van der Waals surface area contributed by atoms with E-state index in [4.69, 9.17) is 14.0 Å². The van der Waals surface area contributed by atoms with Crippen LogP contribution in [0.2, 0.25) is 0 Å². The Kier molecular flexibility index (Phi) is 6.55. The van der Waals surface area contributed by atoms with Crippen molar-refractivity contribution in [3.63, 3.8) is 0 Å². The number of ether oxygens (including phenoxy) is 2. The number of hydrogen-bond donors (Lipinski definition) is 0. The highest BCUT2D eigenvalue weighted by molar-refractivity contribution is 5.93. The van der Waals surface area contributed by atoms with Gasteiger partial charge in [0.2, 0.25) is 0 Å². The Morgan fingerprint density at radius 2 is 1.74 bits per heavy atom. The van der Waals surface area contributed by atoms with Crippen molar-refractivity contribution in [2.75, 3.05) is 20.2 Å². The fourth-order valence-electron chi connectivity index (χ4n) is 3.99. The van der Waals surface area contributed by atoms with Crippen LogP contribution < -0.4 is 9.47 Å². The molecule has 1 aromatic heterocycles. The van der Waals surface area contributed by atoms with Crippen molar-refractivity contribution in [3.05, 3.63) is 77.2 Å². The maximum absolute atomic E-state index is 13.1. The van der Waals surface area contributed by atoms with Crippen LogP contribution in [0, 0.1) is 12.8 Å². The van der Waals surface area contributed by atoms with Crippen LogP contribution in [0.3, 0.4) is 0 Å². The number of amides is 1. The lowest BCUT2D eigenvalue weighted by Crippen LogP contribution is -2.39. The minimum atomic E-state index is -0.0802. The first kappa shape index (κ1) is 21.0. The van der Waals surface area contributed by atoms with E-state index in [0.717, 1.165) is 38.1 Å². The zero-order chi connectivity index (χ0) is 21.6. The van der Waals surface area contributed by atoms with Crippen molar-refractivity contribution in [1.82, 2.24) is 10.1 Å². The first-order valence-corrected chi connectivity index (χ1v) is 10.7. The van der Waals surface area contributed by atoms with Crippen molar-refractivity contribution < 1.29 is 18.8 Å². The minimum Gasteiger partial charge on any atom is -0.497 e. The maximum Gasteiger partial charge on any atom is 0.276 e. The molecule has 0 atom stereocenters. The van der Waals surface area contributed by atoms with Crippen LogP contribution in [-0.2, 0) is 13.0 Å². The zero-order valence-corrected chi connectivity index (χ0v) is 18.0. The van der Waals surface area contributed by atoms with Gasteiger partial charge in [0, 0.05) is 13.1 Å². The largest absolute Gasteiger partial charge is 0.497 e. The van der Waals surface area contributed by atoms with Gasteiger partial charge in [-0.05, 0) is 61.9 Å². The molecule has 2 aromatic carbocycles. The Balaban J connectivity index is 1.35. The van der Waals surface area contributed by atoms with Gasteiger partial charge >= 0.3 is 0 Å². The van der Waals surface area contributed by atoms with Crippen LogP contribution in [0.5, 0.6) is 11.5 Å². The van der Waals surface area contributed by atoms with Gasteiger partial charge < -0.3 is 18.9 Å². The van der Waals surface area contributed by atoms with Crippen LogP contribution in [0.25, 0.3) is 0 Å². The normalized spacial score (nSPS) is 14.5. The Bertz CT molecular complexity index is 990. The number of piperidine rings is 1. The highest BCUT2D eigenvalue weighted by Gasteiger charge is 2.28. The van der Waals surface area contributed by atoms with E-state index in [1.165, 1.54) is 5.56 Å². The first-order chi connectivity index (χ1) is 15.1. The molecule has 3 aromatic rings. The molecular formula is C25H28N2O4. The molecule has 1 saturated heterocycles. The fourth-order valence-corrected chi connectivity index (χ4v) is 3.99. The molecule has 0 bridgehead atoms. The Morgan fingerprint density at radius 3 is 2.42 bits per heavy atom. The highest BCUT2D eigenvalue weighted by Crippen LogP contribution is 2.25. The third kappa shape index (κ3) is 5.08. The van der Waals surface area contributed by atoms with E-state index in [1.54, 1.807) is 7.11 Å². The molecule has 1 aliphatic rings. The molecule has 31 heavy (non-hydrogen) atoms. The summed E-state index contributed by atoms with van der Waals surface area (Å²) in [7, 11) is 1.62. The van der Waals surface area contributed by atoms with Gasteiger partial charge in [0.05, 0.1) is 12.7 Å². The van der Waals surface area contributed by atoms with Crippen molar-refractivity contribution in [2.24, 2.45) is 5.92 Å². The summed E-state index contributed by atoms with van der Waals surface area (Å²) in [6.07, 6.45) is 3.05. The number of carbonyl (C=O) groups excluding carboxylic acids is 1. The second-order valence-corrected chi connectivity index (χ2v) is 7.96. The van der Waals surface area contributed by atoms with Crippen LogP contribution in [-0.4, -0.2) is 36.2 Å². The summed E-state index contributed by atoms with van der Waals surface area (Å²) in [5, 5.41) is 4.05. The summed E-state index contributed by atoms with van der Waals surface area (Å²) in [6.45, 7) is 3.51. The SMILES string of the molecule is COc1ccc(OCc2c(C(=O)N3CCC(Cc4ccccc4)CC3)noc2C)cc1. The number of hydrogen-bond acceptors (Lipinski definition) is 5. The second-order valence-electron chi connectivity index (χ2n) is 7.96. The van der Waals surface area contributed by atoms with E-state index in [1.807, 2.05) is 42.2 Å². The van der Waals surface area contributed by atoms with Gasteiger partial charge in [0.1, 0.15) is 23.9 Å². The lowest BCUT2D eigenvalue weighted by molar-refractivity contribution is 0.0677. The number of carbonyl (C=O) groups is 1. The molecule has 1 fully saturated rings. The average molecular weight is 421 g/mol. The number of benzene rings is 2. The Morgan fingerprint density at radius 1 is 1.06 bits per heavy atom. The number of likely N-dealkylation sites (tertiary alicyclic amines) is 1. The van der Waals surface area contributed by atoms with Crippen molar-refractivity contribution in [3.8, 4) is 11.5 Å². The van der Waals surface area contributed by atoms with Gasteiger partial charge in [-0.2, -0.15) is 0 Å². The Hall–Kier alpha value is -3.28. The molecule has 6 heteroatoms. The van der Waals surface area contributed by atoms with Gasteiger partial charge in [-0.15, -0.1) is 0 Å². The van der Waals surface area contributed by atoms with E-state index in [0.29, 0.717) is 28.7 Å². The summed E-state index contributed by atoms with van der Waals surface area (Å²) >= 11 is 0. The lowest BCUT2D eigenvalue weighted by Gasteiger charge is -2.31. The predicted octanol–water partition coefficient (Wildman–Crippen LogP) is 4.67. The standard InChI is InChI=1S/C25H28N2O4/c1-18-23(17-30-22-10-8-21(29-2)9-11-22)24(26-31-18)25(28)27-14-12-20(13-15-27)16-19-6-4-3-5-7-19/h3-11,20H,12-17H2,1-2H3. The molecule has 0 unspecified atom stereocenters. The van der Waals surface area contributed by atoms with Gasteiger partial charge in [0.25, 0.3) is 5.91 Å². The zero-order valence-electron chi connectivity index (χ0n) is 18.0. The van der Waals surface area contributed by atoms with E-state index in [2.05, 4.69) is 29.4 Å². The molecule has 0 N–H and O–H groups in total. The van der Waals surface area contributed by atoms with Crippen LogP contribution in [0.15, 0.2) is 59.1 Å².